The van der Waals surface area contributed by atoms with E-state index in [1.165, 1.54) is 11.6 Å². The Balaban J connectivity index is 0.755. The number of hydrogen-bond donors (Lipinski definition) is 1. The van der Waals surface area contributed by atoms with Gasteiger partial charge in [0.1, 0.15) is 17.5 Å². The summed E-state index contributed by atoms with van der Waals surface area (Å²) in [7, 11) is 1.56. The van der Waals surface area contributed by atoms with Crippen molar-refractivity contribution >= 4 is 29.1 Å². The zero-order valence-corrected chi connectivity index (χ0v) is 32.0. The molecule has 0 aromatic heterocycles. The van der Waals surface area contributed by atoms with Crippen LogP contribution in [0.4, 0.5) is 24.5 Å². The molecule has 300 valence electrons. The monoisotopic (exact) mass is 784 g/mol. The number of piperidine rings is 2. The van der Waals surface area contributed by atoms with Gasteiger partial charge in [-0.2, -0.15) is 18.4 Å². The minimum absolute atomic E-state index is 0.215. The third kappa shape index (κ3) is 8.12. The molecule has 1 N–H and O–H groups in total. The first-order chi connectivity index (χ1) is 27.5. The average molecular weight is 785 g/mol. The molecule has 11 nitrogen and oxygen atoms in total. The van der Waals surface area contributed by atoms with Crippen LogP contribution in [0, 0.1) is 23.2 Å². The van der Waals surface area contributed by atoms with Crippen molar-refractivity contribution in [3.05, 3.63) is 82.4 Å². The number of imide groups is 1. The zero-order chi connectivity index (χ0) is 39.8. The number of alkyl halides is 3. The lowest BCUT2D eigenvalue weighted by molar-refractivity contribution is -0.138. The highest BCUT2D eigenvalue weighted by atomic mass is 19.4. The number of fused-ring (bicyclic) bond motifs is 1. The zero-order valence-electron chi connectivity index (χ0n) is 32.0. The minimum Gasteiger partial charge on any atom is -0.496 e. The van der Waals surface area contributed by atoms with Gasteiger partial charge in [0.05, 0.1) is 36.5 Å². The number of anilines is 2. The van der Waals surface area contributed by atoms with Gasteiger partial charge in [0.15, 0.2) is 0 Å². The van der Waals surface area contributed by atoms with Gasteiger partial charge < -0.3 is 24.2 Å². The fourth-order valence-electron chi connectivity index (χ4n) is 9.29. The molecule has 8 rings (SSSR count). The molecule has 57 heavy (non-hydrogen) atoms. The Bertz CT molecular complexity index is 2050. The first kappa shape index (κ1) is 38.6. The molecule has 3 aromatic carbocycles. The Morgan fingerprint density at radius 2 is 1.58 bits per heavy atom. The number of carbonyl (C=O) groups is 3. The van der Waals surface area contributed by atoms with E-state index in [2.05, 4.69) is 27.2 Å². The highest BCUT2D eigenvalue weighted by Crippen LogP contribution is 2.40. The summed E-state index contributed by atoms with van der Waals surface area (Å²) in [5.41, 5.74) is 2.82. The molecular formula is C43H47F3N6O5. The second kappa shape index (κ2) is 15.9. The largest absolute Gasteiger partial charge is 0.496 e. The lowest BCUT2D eigenvalue weighted by Gasteiger charge is -2.42. The molecule has 0 spiro atoms. The Morgan fingerprint density at radius 1 is 0.860 bits per heavy atom. The van der Waals surface area contributed by atoms with Crippen molar-refractivity contribution in [2.24, 2.45) is 11.8 Å². The average Bonchev–Trinajstić information content (AvgIpc) is 3.53. The van der Waals surface area contributed by atoms with Crippen LogP contribution in [0.5, 0.6) is 11.5 Å². The number of rotatable bonds is 10. The second-order valence-corrected chi connectivity index (χ2v) is 16.1. The highest BCUT2D eigenvalue weighted by molar-refractivity contribution is 6.06. The number of carbonyl (C=O) groups excluding carboxylic acids is 3. The molecule has 3 aromatic rings. The summed E-state index contributed by atoms with van der Waals surface area (Å²) >= 11 is 0. The van der Waals surface area contributed by atoms with E-state index in [9.17, 15) is 27.6 Å². The number of piperazine rings is 1. The van der Waals surface area contributed by atoms with E-state index in [0.29, 0.717) is 67.4 Å². The third-order valence-electron chi connectivity index (χ3n) is 12.5. The molecule has 3 amide bonds. The Morgan fingerprint density at radius 3 is 2.25 bits per heavy atom. The lowest BCUT2D eigenvalue weighted by atomic mass is 9.75. The van der Waals surface area contributed by atoms with Gasteiger partial charge in [-0.3, -0.25) is 24.6 Å². The van der Waals surface area contributed by atoms with Crippen LogP contribution in [0.2, 0.25) is 0 Å². The molecule has 0 bridgehead atoms. The quantitative estimate of drug-likeness (QED) is 0.249. The van der Waals surface area contributed by atoms with E-state index in [1.54, 1.807) is 24.1 Å². The van der Waals surface area contributed by atoms with Crippen LogP contribution in [-0.2, 0) is 22.3 Å². The summed E-state index contributed by atoms with van der Waals surface area (Å²) in [5.74, 6) is 1.89. The van der Waals surface area contributed by atoms with E-state index in [0.717, 1.165) is 81.5 Å². The summed E-state index contributed by atoms with van der Waals surface area (Å²) in [4.78, 5) is 46.0. The van der Waals surface area contributed by atoms with Gasteiger partial charge in [-0.15, -0.1) is 0 Å². The topological polar surface area (TPSA) is 118 Å². The van der Waals surface area contributed by atoms with Crippen molar-refractivity contribution in [3.8, 4) is 17.6 Å². The van der Waals surface area contributed by atoms with Crippen molar-refractivity contribution in [2.45, 2.75) is 63.2 Å². The van der Waals surface area contributed by atoms with E-state index < -0.39 is 23.7 Å². The van der Waals surface area contributed by atoms with Gasteiger partial charge in [0.25, 0.3) is 5.91 Å². The van der Waals surface area contributed by atoms with Gasteiger partial charge in [-0.1, -0.05) is 12.1 Å². The summed E-state index contributed by atoms with van der Waals surface area (Å²) in [6.45, 7) is 6.97. The normalized spacial score (nSPS) is 23.2. The molecule has 3 saturated heterocycles. The molecular weight excluding hydrogens is 738 g/mol. The molecule has 1 atom stereocenters. The fraction of sp³-hybridized carbons (Fsp3) is 0.488. The number of methoxy groups -OCH3 is 1. The molecule has 0 radical (unpaired) electrons. The van der Waals surface area contributed by atoms with Crippen LogP contribution in [0.15, 0.2) is 54.6 Å². The van der Waals surface area contributed by atoms with Gasteiger partial charge >= 0.3 is 6.18 Å². The van der Waals surface area contributed by atoms with Crippen LogP contribution < -0.4 is 24.6 Å². The predicted octanol–water partition coefficient (Wildman–Crippen LogP) is 5.96. The molecule has 4 aliphatic heterocycles. The number of nitrogens with zero attached hydrogens (tertiary/aromatic N) is 5. The van der Waals surface area contributed by atoms with Crippen molar-refractivity contribution in [3.63, 3.8) is 0 Å². The van der Waals surface area contributed by atoms with Gasteiger partial charge in [0, 0.05) is 76.2 Å². The number of nitriles is 1. The number of halogens is 3. The van der Waals surface area contributed by atoms with E-state index >= 15 is 0 Å². The van der Waals surface area contributed by atoms with Crippen molar-refractivity contribution in [1.29, 1.82) is 5.26 Å². The SMILES string of the molecule is COc1cc(N2CCN(CC3CC(COc4ccc(C5CCN(c6ccc(C#N)c(C(F)(F)F)c6)CC5)cc4)C3)CC2)cc2c1C(=O)N(C1CCC(=O)NC1=O)C2. The van der Waals surface area contributed by atoms with E-state index in [4.69, 9.17) is 14.7 Å². The molecule has 4 fully saturated rings. The highest BCUT2D eigenvalue weighted by Gasteiger charge is 2.41. The minimum atomic E-state index is -4.57. The number of nitrogens with one attached hydrogen (secondary N) is 1. The molecule has 1 saturated carbocycles. The van der Waals surface area contributed by atoms with Gasteiger partial charge in [-0.05, 0) is 97.4 Å². The smallest absolute Gasteiger partial charge is 0.417 e. The van der Waals surface area contributed by atoms with Crippen LogP contribution in [0.25, 0.3) is 0 Å². The number of hydrogen-bond acceptors (Lipinski definition) is 9. The van der Waals surface area contributed by atoms with Crippen LogP contribution in [-0.4, -0.2) is 93.1 Å². The van der Waals surface area contributed by atoms with E-state index in [-0.39, 0.29) is 23.8 Å². The van der Waals surface area contributed by atoms with Gasteiger partial charge in [0.2, 0.25) is 11.8 Å². The molecule has 5 aliphatic rings. The number of benzene rings is 3. The Labute approximate surface area is 330 Å². The Hall–Kier alpha value is -5.29. The summed E-state index contributed by atoms with van der Waals surface area (Å²) < 4.78 is 52.3. The number of ether oxygens (including phenoxy) is 2. The molecule has 14 heteroatoms. The maximum absolute atomic E-state index is 13.5. The Kier molecular flexibility index (Phi) is 10.8. The van der Waals surface area contributed by atoms with Crippen molar-refractivity contribution in [2.75, 3.05) is 69.3 Å². The van der Waals surface area contributed by atoms with Crippen molar-refractivity contribution < 1.29 is 37.0 Å². The maximum atomic E-state index is 13.5. The van der Waals surface area contributed by atoms with Crippen LogP contribution >= 0.6 is 0 Å². The molecule has 1 unspecified atom stereocenters. The molecule has 4 heterocycles. The van der Waals surface area contributed by atoms with Crippen LogP contribution in [0.3, 0.4) is 0 Å². The first-order valence-corrected chi connectivity index (χ1v) is 19.9. The van der Waals surface area contributed by atoms with Crippen molar-refractivity contribution in [1.82, 2.24) is 15.1 Å². The lowest BCUT2D eigenvalue weighted by Crippen LogP contribution is -2.52. The first-order valence-electron chi connectivity index (χ1n) is 19.9. The summed E-state index contributed by atoms with van der Waals surface area (Å²) in [6, 6.07) is 17.2. The van der Waals surface area contributed by atoms with E-state index in [1.807, 2.05) is 29.2 Å². The summed E-state index contributed by atoms with van der Waals surface area (Å²) in [6.07, 6.45) is -0.0894. The third-order valence-corrected chi connectivity index (χ3v) is 12.5. The van der Waals surface area contributed by atoms with Crippen LogP contribution in [0.1, 0.15) is 77.1 Å². The predicted molar refractivity (Wildman–Crippen MR) is 206 cm³/mol. The fourth-order valence-corrected chi connectivity index (χ4v) is 9.29. The standard InChI is InChI=1S/C43H47F3N6O5/c1-56-38-22-34(20-32-25-52(42(55)40(32)38)37-8-9-39(53)48-41(37)54)51-16-14-49(15-17-51)24-27-18-28(19-27)26-57-35-6-3-29(4-7-35)30-10-12-50(13-11-30)33-5-2-31(23-47)36(21-33)43(44,45)46/h2-7,20-22,27-28,30,37H,8-19,24-26H2,1H3,(H,48,53,54). The molecule has 1 aliphatic carbocycles. The maximum Gasteiger partial charge on any atom is 0.417 e. The second-order valence-electron chi connectivity index (χ2n) is 16.1. The van der Waals surface area contributed by atoms with Gasteiger partial charge in [-0.25, -0.2) is 0 Å². The number of amides is 3. The summed E-state index contributed by atoms with van der Waals surface area (Å²) in [5, 5.41) is 11.5.